The highest BCUT2D eigenvalue weighted by Gasteiger charge is 2.35. The van der Waals surface area contributed by atoms with Gasteiger partial charge in [-0.1, -0.05) is 0 Å². The monoisotopic (exact) mass is 240 g/mol. The van der Waals surface area contributed by atoms with Gasteiger partial charge in [0.25, 0.3) is 0 Å². The normalized spacial score (nSPS) is 11.6. The minimum absolute atomic E-state index is 0.182. The fourth-order valence-corrected chi connectivity index (χ4v) is 1.04. The van der Waals surface area contributed by atoms with E-state index in [2.05, 4.69) is 4.74 Å². The van der Waals surface area contributed by atoms with Crippen molar-refractivity contribution < 1.29 is 31.5 Å². The average Bonchev–Trinajstić information content (AvgIpc) is 2.15. The average molecular weight is 240 g/mol. The zero-order valence-electron chi connectivity index (χ0n) is 7.59. The second kappa shape index (κ2) is 4.46. The Kier molecular flexibility index (Phi) is 3.46. The summed E-state index contributed by atoms with van der Waals surface area (Å²) in [5.41, 5.74) is -1.67. The predicted octanol–water partition coefficient (Wildman–Crippen LogP) is 3.12. The Morgan fingerprint density at radius 2 is 1.88 bits per heavy atom. The molecule has 1 aromatic carbocycles. The number of hydrogen-bond acceptors (Lipinski definition) is 2. The van der Waals surface area contributed by atoms with Gasteiger partial charge in [-0.15, -0.1) is 0 Å². The SMILES string of the molecule is O=Cc1ccc(OC(F)F)c(C(F)(F)F)c1. The van der Waals surface area contributed by atoms with Crippen LogP contribution in [0, 0.1) is 0 Å². The van der Waals surface area contributed by atoms with Crippen molar-refractivity contribution in [1.82, 2.24) is 0 Å². The summed E-state index contributed by atoms with van der Waals surface area (Å²) in [5, 5.41) is 0. The Morgan fingerprint density at radius 3 is 2.31 bits per heavy atom. The van der Waals surface area contributed by atoms with Gasteiger partial charge in [-0.25, -0.2) is 0 Å². The smallest absolute Gasteiger partial charge is 0.419 e. The molecule has 0 aliphatic heterocycles. The van der Waals surface area contributed by atoms with Crippen molar-refractivity contribution in [2.45, 2.75) is 12.8 Å². The van der Waals surface area contributed by atoms with Crippen LogP contribution in [-0.2, 0) is 6.18 Å². The summed E-state index contributed by atoms with van der Waals surface area (Å²) in [5.74, 6) is -1.01. The first-order chi connectivity index (χ1) is 7.34. The molecule has 1 aromatic rings. The fraction of sp³-hybridized carbons (Fsp3) is 0.222. The Bertz CT molecular complexity index is 386. The van der Waals surface area contributed by atoms with Crippen molar-refractivity contribution in [3.05, 3.63) is 29.3 Å². The largest absolute Gasteiger partial charge is 0.434 e. The van der Waals surface area contributed by atoms with Gasteiger partial charge in [0.15, 0.2) is 0 Å². The number of ether oxygens (including phenoxy) is 1. The van der Waals surface area contributed by atoms with Gasteiger partial charge in [0, 0.05) is 5.56 Å². The lowest BCUT2D eigenvalue weighted by Crippen LogP contribution is -2.11. The molecule has 0 atom stereocenters. The highest BCUT2D eigenvalue weighted by molar-refractivity contribution is 5.75. The number of alkyl halides is 5. The van der Waals surface area contributed by atoms with Crippen molar-refractivity contribution in [2.75, 3.05) is 0 Å². The van der Waals surface area contributed by atoms with Gasteiger partial charge in [0.1, 0.15) is 12.0 Å². The van der Waals surface area contributed by atoms with Gasteiger partial charge < -0.3 is 4.74 Å². The van der Waals surface area contributed by atoms with E-state index in [4.69, 9.17) is 0 Å². The van der Waals surface area contributed by atoms with Crippen LogP contribution >= 0.6 is 0 Å². The van der Waals surface area contributed by atoms with Crippen LogP contribution in [0.2, 0.25) is 0 Å². The Hall–Kier alpha value is -1.66. The molecule has 0 N–H and O–H groups in total. The van der Waals surface area contributed by atoms with E-state index >= 15 is 0 Å². The van der Waals surface area contributed by atoms with Crippen molar-refractivity contribution >= 4 is 6.29 Å². The quantitative estimate of drug-likeness (QED) is 0.599. The third-order valence-electron chi connectivity index (χ3n) is 1.66. The molecule has 88 valence electrons. The number of aldehydes is 1. The van der Waals surface area contributed by atoms with E-state index in [9.17, 15) is 26.7 Å². The highest BCUT2D eigenvalue weighted by Crippen LogP contribution is 2.37. The molecule has 0 fully saturated rings. The van der Waals surface area contributed by atoms with Crippen molar-refractivity contribution in [3.8, 4) is 5.75 Å². The molecular weight excluding hydrogens is 235 g/mol. The number of hydrogen-bond donors (Lipinski definition) is 0. The highest BCUT2D eigenvalue weighted by atomic mass is 19.4. The molecule has 1 rings (SSSR count). The lowest BCUT2D eigenvalue weighted by atomic mass is 10.1. The molecule has 0 saturated carbocycles. The molecule has 2 nitrogen and oxygen atoms in total. The minimum Gasteiger partial charge on any atom is -0.434 e. The van der Waals surface area contributed by atoms with Crippen molar-refractivity contribution in [1.29, 1.82) is 0 Å². The molecule has 0 saturated heterocycles. The van der Waals surface area contributed by atoms with Gasteiger partial charge in [-0.2, -0.15) is 22.0 Å². The second-order valence-electron chi connectivity index (χ2n) is 2.75. The van der Waals surface area contributed by atoms with E-state index in [1.807, 2.05) is 0 Å². The maximum Gasteiger partial charge on any atom is 0.419 e. The molecule has 0 aliphatic carbocycles. The van der Waals surface area contributed by atoms with Crippen LogP contribution < -0.4 is 4.74 Å². The molecule has 7 heteroatoms. The van der Waals surface area contributed by atoms with Crippen LogP contribution in [0.4, 0.5) is 22.0 Å². The summed E-state index contributed by atoms with van der Waals surface area (Å²) >= 11 is 0. The zero-order chi connectivity index (χ0) is 12.3. The topological polar surface area (TPSA) is 26.3 Å². The first kappa shape index (κ1) is 12.4. The van der Waals surface area contributed by atoms with E-state index in [1.165, 1.54) is 0 Å². The van der Waals surface area contributed by atoms with Crippen LogP contribution in [0.1, 0.15) is 15.9 Å². The van der Waals surface area contributed by atoms with Crippen LogP contribution in [0.5, 0.6) is 5.75 Å². The molecule has 0 aromatic heterocycles. The van der Waals surface area contributed by atoms with E-state index in [0.717, 1.165) is 6.07 Å². The van der Waals surface area contributed by atoms with Crippen molar-refractivity contribution in [2.24, 2.45) is 0 Å². The Balaban J connectivity index is 3.22. The van der Waals surface area contributed by atoms with E-state index in [0.29, 0.717) is 12.1 Å². The molecule has 0 amide bonds. The van der Waals surface area contributed by atoms with Crippen molar-refractivity contribution in [3.63, 3.8) is 0 Å². The van der Waals surface area contributed by atoms with Crippen LogP contribution in [-0.4, -0.2) is 12.9 Å². The van der Waals surface area contributed by atoms with Crippen LogP contribution in [0.25, 0.3) is 0 Å². The molecule has 0 aliphatic rings. The first-order valence-electron chi connectivity index (χ1n) is 3.96. The van der Waals surface area contributed by atoms with Gasteiger partial charge in [-0.3, -0.25) is 4.79 Å². The summed E-state index contributed by atoms with van der Waals surface area (Å²) in [6.07, 6.45) is -4.68. The van der Waals surface area contributed by atoms with E-state index in [1.54, 1.807) is 0 Å². The molecule has 0 radical (unpaired) electrons. The first-order valence-corrected chi connectivity index (χ1v) is 3.96. The van der Waals surface area contributed by atoms with Crippen LogP contribution in [0.3, 0.4) is 0 Å². The summed E-state index contributed by atoms with van der Waals surface area (Å²) in [7, 11) is 0. The Labute approximate surface area is 86.6 Å². The number of halogens is 5. The maximum atomic E-state index is 12.4. The molecule has 0 unspecified atom stereocenters. The maximum absolute atomic E-state index is 12.4. The lowest BCUT2D eigenvalue weighted by molar-refractivity contribution is -0.141. The number of carbonyl (C=O) groups is 1. The Morgan fingerprint density at radius 1 is 1.25 bits per heavy atom. The lowest BCUT2D eigenvalue weighted by Gasteiger charge is -2.13. The van der Waals surface area contributed by atoms with Gasteiger partial charge in [0.05, 0.1) is 5.56 Å². The van der Waals surface area contributed by atoms with E-state index in [-0.39, 0.29) is 11.8 Å². The van der Waals surface area contributed by atoms with E-state index < -0.39 is 24.1 Å². The molecule has 0 bridgehead atoms. The standard InChI is InChI=1S/C9H5F5O2/c10-8(11)16-7-2-1-5(4-15)3-6(7)9(12,13)14/h1-4,8H. The summed E-state index contributed by atoms with van der Waals surface area (Å²) in [6.45, 7) is -3.36. The second-order valence-corrected chi connectivity index (χ2v) is 2.75. The third kappa shape index (κ3) is 2.91. The van der Waals surface area contributed by atoms with Crippen LogP contribution in [0.15, 0.2) is 18.2 Å². The molecular formula is C9H5F5O2. The number of rotatable bonds is 3. The third-order valence-corrected chi connectivity index (χ3v) is 1.66. The van der Waals surface area contributed by atoms with Gasteiger partial charge in [-0.05, 0) is 18.2 Å². The molecule has 0 spiro atoms. The summed E-state index contributed by atoms with van der Waals surface area (Å²) in [4.78, 5) is 10.3. The number of carbonyl (C=O) groups excluding carboxylic acids is 1. The molecule has 0 heterocycles. The predicted molar refractivity (Wildman–Crippen MR) is 43.5 cm³/mol. The summed E-state index contributed by atoms with van der Waals surface area (Å²) < 4.78 is 64.4. The number of benzene rings is 1. The zero-order valence-corrected chi connectivity index (χ0v) is 7.59. The van der Waals surface area contributed by atoms with Gasteiger partial charge >= 0.3 is 12.8 Å². The minimum atomic E-state index is -4.86. The van der Waals surface area contributed by atoms with Gasteiger partial charge in [0.2, 0.25) is 0 Å². The summed E-state index contributed by atoms with van der Waals surface area (Å²) in [6, 6.07) is 2.09. The fourth-order valence-electron chi connectivity index (χ4n) is 1.04. The molecule has 16 heavy (non-hydrogen) atoms.